The molecule has 3 nitrogen and oxygen atoms in total. The van der Waals surface area contributed by atoms with Crippen LogP contribution in [0.15, 0.2) is 11.1 Å². The molecule has 0 saturated heterocycles. The first kappa shape index (κ1) is 30.2. The second-order valence-corrected chi connectivity index (χ2v) is 19.6. The van der Waals surface area contributed by atoms with E-state index in [9.17, 15) is 4.79 Å². The van der Waals surface area contributed by atoms with Crippen LogP contribution in [0.4, 0.5) is 0 Å². The molecule has 0 bridgehead atoms. The molecule has 0 spiro atoms. The van der Waals surface area contributed by atoms with E-state index in [4.69, 9.17) is 15.6 Å². The Hall–Kier alpha value is -1.05. The van der Waals surface area contributed by atoms with Crippen molar-refractivity contribution in [1.29, 1.82) is 0 Å². The minimum absolute atomic E-state index is 0.00303. The second-order valence-electron chi connectivity index (χ2n) is 14.2. The Labute approximate surface area is 218 Å². The van der Waals surface area contributed by atoms with Crippen LogP contribution in [-0.2, 0) is 14.0 Å². The molecule has 0 N–H and O–H groups in total. The summed E-state index contributed by atoms with van der Waals surface area (Å²) in [6, 6.07) is 0. The third-order valence-corrected chi connectivity index (χ3v) is 15.7. The zero-order chi connectivity index (χ0) is 27.1. The number of hydrogen-bond donors (Lipinski definition) is 0. The van der Waals surface area contributed by atoms with E-state index in [0.29, 0.717) is 22.5 Å². The Morgan fingerprint density at radius 1 is 1.03 bits per heavy atom. The topological polar surface area (TPSA) is 35.5 Å². The number of esters is 1. The van der Waals surface area contributed by atoms with E-state index in [2.05, 4.69) is 75.2 Å². The van der Waals surface area contributed by atoms with Gasteiger partial charge in [0.05, 0.1) is 11.5 Å². The number of fused-ring (bicyclic) bond motifs is 1. The molecular weight excluding hydrogens is 448 g/mol. The van der Waals surface area contributed by atoms with Gasteiger partial charge in [-0.1, -0.05) is 73.8 Å². The van der Waals surface area contributed by atoms with Gasteiger partial charge in [0, 0.05) is 0 Å². The lowest BCUT2D eigenvalue weighted by atomic mass is 9.49. The van der Waals surface area contributed by atoms with Gasteiger partial charge < -0.3 is 9.16 Å². The van der Waals surface area contributed by atoms with E-state index >= 15 is 0 Å². The fraction of sp³-hybridized carbons (Fsp3) is 0.839. The van der Waals surface area contributed by atoms with Crippen molar-refractivity contribution in [3.63, 3.8) is 0 Å². The molecular formula is C31H54O3Si. The first-order valence-electron chi connectivity index (χ1n) is 13.9. The molecule has 2 rings (SSSR count). The van der Waals surface area contributed by atoms with E-state index in [1.165, 1.54) is 11.1 Å². The quantitative estimate of drug-likeness (QED) is 0.151. The highest BCUT2D eigenvalue weighted by Gasteiger charge is 2.58. The molecule has 0 unspecified atom stereocenters. The van der Waals surface area contributed by atoms with E-state index in [1.54, 1.807) is 0 Å². The summed E-state index contributed by atoms with van der Waals surface area (Å²) in [4.78, 5) is 12.8. The molecule has 0 amide bonds. The number of ether oxygens (including phenoxy) is 1. The van der Waals surface area contributed by atoms with Crippen LogP contribution in [0.1, 0.15) is 116 Å². The molecule has 0 aromatic rings. The van der Waals surface area contributed by atoms with E-state index in [1.807, 2.05) is 20.8 Å². The molecule has 1 fully saturated rings. The van der Waals surface area contributed by atoms with E-state index < -0.39 is 19.8 Å². The van der Waals surface area contributed by atoms with Crippen LogP contribution in [0, 0.1) is 34.5 Å². The predicted molar refractivity (Wildman–Crippen MR) is 151 cm³/mol. The largest absolute Gasteiger partial charge is 0.444 e. The Balaban J connectivity index is 2.48. The number of terminal acetylenes is 1. The van der Waals surface area contributed by atoms with Crippen molar-refractivity contribution in [3.05, 3.63) is 11.1 Å². The van der Waals surface area contributed by atoms with Crippen LogP contribution in [0.25, 0.3) is 0 Å². The van der Waals surface area contributed by atoms with Gasteiger partial charge in [-0.15, -0.1) is 6.42 Å². The number of hydrogen-bond acceptors (Lipinski definition) is 3. The van der Waals surface area contributed by atoms with Crippen molar-refractivity contribution < 1.29 is 14.0 Å². The Kier molecular flexibility index (Phi) is 8.94. The Morgan fingerprint density at radius 3 is 1.97 bits per heavy atom. The summed E-state index contributed by atoms with van der Waals surface area (Å²) in [6.07, 6.45) is 9.83. The number of rotatable bonds is 7. The Bertz CT molecular complexity index is 830. The standard InChI is InChI=1S/C31H54O3Si/c1-15-24(33-28(32)29(9,10)11)27-23(8)16-17-25-30(12,13)26(18-19-31(25,27)14)34-35(20(2)3,21(4)5)22(6)7/h1,20-22,24-26H,16-19H2,2-14H3/t24-,25+,26+,31+/m1/s1. The first-order valence-corrected chi connectivity index (χ1v) is 16.1. The third-order valence-electron chi connectivity index (χ3n) is 9.61. The molecule has 0 heterocycles. The smallest absolute Gasteiger partial charge is 0.312 e. The fourth-order valence-electron chi connectivity index (χ4n) is 7.87. The lowest BCUT2D eigenvalue weighted by Crippen LogP contribution is -2.59. The summed E-state index contributed by atoms with van der Waals surface area (Å²) in [5, 5.41) is 0. The molecule has 200 valence electrons. The summed E-state index contributed by atoms with van der Waals surface area (Å²) < 4.78 is 13.4. The summed E-state index contributed by atoms with van der Waals surface area (Å²) in [6.45, 7) is 29.3. The van der Waals surface area contributed by atoms with E-state index in [-0.39, 0.29) is 22.9 Å². The van der Waals surface area contributed by atoms with Gasteiger partial charge in [0.2, 0.25) is 8.32 Å². The minimum Gasteiger partial charge on any atom is -0.444 e. The van der Waals surface area contributed by atoms with Crippen molar-refractivity contribution in [2.45, 2.75) is 145 Å². The van der Waals surface area contributed by atoms with Crippen LogP contribution in [0.5, 0.6) is 0 Å². The highest BCUT2D eigenvalue weighted by Crippen LogP contribution is 2.62. The van der Waals surface area contributed by atoms with Crippen LogP contribution in [-0.4, -0.2) is 26.5 Å². The predicted octanol–water partition coefficient (Wildman–Crippen LogP) is 8.69. The summed E-state index contributed by atoms with van der Waals surface area (Å²) in [5.41, 5.74) is 3.51. The molecule has 1 saturated carbocycles. The molecule has 2 aliphatic carbocycles. The average Bonchev–Trinajstić information content (AvgIpc) is 2.70. The molecule has 0 aliphatic heterocycles. The van der Waals surface area contributed by atoms with Gasteiger partial charge in [-0.2, -0.15) is 0 Å². The zero-order valence-corrected chi connectivity index (χ0v) is 26.1. The molecule has 4 atom stereocenters. The van der Waals surface area contributed by atoms with Gasteiger partial charge in [0.1, 0.15) is 0 Å². The average molecular weight is 503 g/mol. The van der Waals surface area contributed by atoms with Gasteiger partial charge >= 0.3 is 5.97 Å². The van der Waals surface area contributed by atoms with Crippen LogP contribution in [0.2, 0.25) is 16.6 Å². The van der Waals surface area contributed by atoms with Crippen molar-refractivity contribution in [1.82, 2.24) is 0 Å². The summed E-state index contributed by atoms with van der Waals surface area (Å²) >= 11 is 0. The number of allylic oxidation sites excluding steroid dienone is 1. The highest BCUT2D eigenvalue weighted by atomic mass is 28.4. The summed E-state index contributed by atoms with van der Waals surface area (Å²) in [5.74, 6) is 3.05. The fourth-order valence-corrected chi connectivity index (χ4v) is 13.6. The van der Waals surface area contributed by atoms with E-state index in [0.717, 1.165) is 25.7 Å². The van der Waals surface area contributed by atoms with Crippen molar-refractivity contribution in [2.75, 3.05) is 0 Å². The minimum atomic E-state index is -2.00. The monoisotopic (exact) mass is 502 g/mol. The van der Waals surface area contributed by atoms with Crippen molar-refractivity contribution in [3.8, 4) is 12.3 Å². The molecule has 0 aromatic carbocycles. The molecule has 2 aliphatic rings. The lowest BCUT2D eigenvalue weighted by molar-refractivity contribution is -0.156. The first-order chi connectivity index (χ1) is 15.9. The second kappa shape index (κ2) is 10.4. The SMILES string of the molecule is C#C[C@@H](OC(=O)C(C)(C)C)C1=C(C)CC[C@H]2C(C)(C)[C@@H](O[Si](C(C)C)(C(C)C)C(C)C)CC[C@]12C. The van der Waals surface area contributed by atoms with Crippen LogP contribution >= 0.6 is 0 Å². The van der Waals surface area contributed by atoms with Gasteiger partial charge in [0.25, 0.3) is 0 Å². The maximum atomic E-state index is 12.8. The maximum absolute atomic E-state index is 12.8. The normalized spacial score (nSPS) is 28.2. The Morgan fingerprint density at radius 2 is 1.54 bits per heavy atom. The van der Waals surface area contributed by atoms with Crippen molar-refractivity contribution >= 4 is 14.3 Å². The third kappa shape index (κ3) is 5.33. The van der Waals surface area contributed by atoms with Gasteiger partial charge in [-0.25, -0.2) is 0 Å². The van der Waals surface area contributed by atoms with Gasteiger partial charge in [-0.3, -0.25) is 4.79 Å². The van der Waals surface area contributed by atoms with Crippen LogP contribution < -0.4 is 0 Å². The van der Waals surface area contributed by atoms with Crippen molar-refractivity contribution in [2.24, 2.45) is 22.2 Å². The molecule has 0 aromatic heterocycles. The van der Waals surface area contributed by atoms with Gasteiger partial charge in [0.15, 0.2) is 6.10 Å². The summed E-state index contributed by atoms with van der Waals surface area (Å²) in [7, 11) is -2.00. The number of carbonyl (C=O) groups excluding carboxylic acids is 1. The number of carbonyl (C=O) groups is 1. The van der Waals surface area contributed by atoms with Crippen LogP contribution in [0.3, 0.4) is 0 Å². The highest BCUT2D eigenvalue weighted by molar-refractivity contribution is 6.77. The zero-order valence-electron chi connectivity index (χ0n) is 25.1. The molecule has 0 radical (unpaired) electrons. The lowest BCUT2D eigenvalue weighted by Gasteiger charge is -2.60. The molecule has 35 heavy (non-hydrogen) atoms. The van der Waals surface area contributed by atoms with Gasteiger partial charge in [-0.05, 0) is 92.3 Å². The molecule has 4 heteroatoms. The maximum Gasteiger partial charge on any atom is 0.312 e.